The Balaban J connectivity index is 1.81. The molecule has 1 heterocycles. The van der Waals surface area contributed by atoms with Gasteiger partial charge in [-0.3, -0.25) is 0 Å². The number of aromatic nitrogens is 2. The molecule has 23 heavy (non-hydrogen) atoms. The van der Waals surface area contributed by atoms with Crippen molar-refractivity contribution < 1.29 is 9.84 Å². The molecule has 2 aromatic rings. The van der Waals surface area contributed by atoms with Crippen molar-refractivity contribution in [3.63, 3.8) is 0 Å². The fourth-order valence-electron chi connectivity index (χ4n) is 2.65. The van der Waals surface area contributed by atoms with Gasteiger partial charge in [-0.2, -0.15) is 4.98 Å². The van der Waals surface area contributed by atoms with Crippen LogP contribution in [-0.2, 0) is 0 Å². The monoisotopic (exact) mass is 334 g/mol. The molecular formula is C16H19ClN4O2. The number of hydrogen-bond donors (Lipinski definition) is 3. The van der Waals surface area contributed by atoms with Crippen LogP contribution in [0.4, 0.5) is 11.8 Å². The van der Waals surface area contributed by atoms with E-state index in [1.54, 1.807) is 24.3 Å². The van der Waals surface area contributed by atoms with Gasteiger partial charge < -0.3 is 20.9 Å². The molecule has 0 amide bonds. The minimum atomic E-state index is -0.400. The lowest BCUT2D eigenvalue weighted by atomic mass is 9.92. The van der Waals surface area contributed by atoms with Crippen molar-refractivity contribution in [3.05, 3.63) is 35.5 Å². The Kier molecular flexibility index (Phi) is 4.83. The Hall–Kier alpha value is -2.05. The van der Waals surface area contributed by atoms with Crippen LogP contribution in [0.1, 0.15) is 25.7 Å². The number of aliphatic hydroxyl groups excluding tert-OH is 1. The number of hydrogen-bond acceptors (Lipinski definition) is 6. The largest absolute Gasteiger partial charge is 0.452 e. The zero-order valence-corrected chi connectivity index (χ0v) is 13.3. The molecular weight excluding hydrogens is 316 g/mol. The number of aliphatic hydroxyl groups is 1. The molecule has 1 aromatic carbocycles. The van der Waals surface area contributed by atoms with Crippen LogP contribution in [0.15, 0.2) is 30.5 Å². The summed E-state index contributed by atoms with van der Waals surface area (Å²) < 4.78 is 5.81. The molecule has 1 saturated carbocycles. The zero-order chi connectivity index (χ0) is 16.2. The van der Waals surface area contributed by atoms with E-state index in [1.165, 1.54) is 6.20 Å². The molecule has 1 aliphatic carbocycles. The summed E-state index contributed by atoms with van der Waals surface area (Å²) in [6.45, 7) is 0. The maximum absolute atomic E-state index is 10.1. The summed E-state index contributed by atoms with van der Waals surface area (Å²) in [4.78, 5) is 8.19. The fraction of sp³-hybridized carbons (Fsp3) is 0.375. The second kappa shape index (κ2) is 7.02. The Morgan fingerprint density at radius 3 is 2.70 bits per heavy atom. The van der Waals surface area contributed by atoms with Crippen LogP contribution in [0, 0.1) is 0 Å². The van der Waals surface area contributed by atoms with Gasteiger partial charge in [0.2, 0.25) is 5.95 Å². The first-order valence-corrected chi connectivity index (χ1v) is 8.00. The van der Waals surface area contributed by atoms with Crippen LogP contribution >= 0.6 is 11.6 Å². The number of nitrogen functional groups attached to an aromatic ring is 1. The summed E-state index contributed by atoms with van der Waals surface area (Å²) >= 11 is 5.87. The molecule has 0 radical (unpaired) electrons. The van der Waals surface area contributed by atoms with Crippen molar-refractivity contribution in [1.29, 1.82) is 0 Å². The molecule has 2 atom stereocenters. The van der Waals surface area contributed by atoms with Crippen LogP contribution in [0.25, 0.3) is 0 Å². The summed E-state index contributed by atoms with van der Waals surface area (Å²) in [5, 5.41) is 14.0. The van der Waals surface area contributed by atoms with Crippen molar-refractivity contribution in [2.24, 2.45) is 0 Å². The van der Waals surface area contributed by atoms with Crippen LogP contribution < -0.4 is 15.8 Å². The van der Waals surface area contributed by atoms with Crippen LogP contribution in [0.5, 0.6) is 11.5 Å². The van der Waals surface area contributed by atoms with Crippen LogP contribution in [0.2, 0.25) is 5.02 Å². The van der Waals surface area contributed by atoms with Gasteiger partial charge in [-0.25, -0.2) is 4.98 Å². The number of nitrogens with one attached hydrogen (secondary N) is 1. The van der Waals surface area contributed by atoms with E-state index in [1.807, 2.05) is 0 Å². The Bertz CT molecular complexity index is 666. The molecule has 122 valence electrons. The highest BCUT2D eigenvalue weighted by Crippen LogP contribution is 2.31. The maximum Gasteiger partial charge on any atom is 0.222 e. The topological polar surface area (TPSA) is 93.3 Å². The van der Waals surface area contributed by atoms with Gasteiger partial charge in [-0.15, -0.1) is 0 Å². The highest BCUT2D eigenvalue weighted by atomic mass is 35.5. The van der Waals surface area contributed by atoms with Crippen LogP contribution in [0.3, 0.4) is 0 Å². The lowest BCUT2D eigenvalue weighted by Crippen LogP contribution is -2.36. The standard InChI is InChI=1S/C16H19ClN4O2/c17-10-5-7-11(8-6-10)23-14-9-19-16(18)21-15(14)20-12-3-1-2-4-13(12)22/h5-9,12-13,22H,1-4H2,(H3,18,19,20,21)/t12-,13-/m1/s1. The summed E-state index contributed by atoms with van der Waals surface area (Å²) in [6.07, 6.45) is 4.90. The van der Waals surface area contributed by atoms with Crippen molar-refractivity contribution in [3.8, 4) is 11.5 Å². The first-order valence-electron chi connectivity index (χ1n) is 7.62. The molecule has 4 N–H and O–H groups in total. The quantitative estimate of drug-likeness (QED) is 0.795. The molecule has 0 unspecified atom stereocenters. The predicted octanol–water partition coefficient (Wildman–Crippen LogP) is 3.22. The van der Waals surface area contributed by atoms with Gasteiger partial charge in [0.15, 0.2) is 11.6 Å². The van der Waals surface area contributed by atoms with Crippen LogP contribution in [-0.4, -0.2) is 27.2 Å². The SMILES string of the molecule is Nc1ncc(Oc2ccc(Cl)cc2)c(N[C@@H]2CCCC[C@H]2O)n1. The van der Waals surface area contributed by atoms with Gasteiger partial charge >= 0.3 is 0 Å². The first kappa shape index (κ1) is 15.8. The molecule has 1 aliphatic rings. The highest BCUT2D eigenvalue weighted by Gasteiger charge is 2.24. The molecule has 3 rings (SSSR count). The summed E-state index contributed by atoms with van der Waals surface area (Å²) in [5.41, 5.74) is 5.68. The van der Waals surface area contributed by atoms with E-state index < -0.39 is 6.10 Å². The number of nitrogens with zero attached hydrogens (tertiary/aromatic N) is 2. The number of ether oxygens (including phenoxy) is 1. The first-order chi connectivity index (χ1) is 11.1. The Morgan fingerprint density at radius 1 is 1.22 bits per heavy atom. The van der Waals surface area contributed by atoms with E-state index >= 15 is 0 Å². The number of anilines is 2. The molecule has 1 fully saturated rings. The van der Waals surface area contributed by atoms with E-state index in [0.29, 0.717) is 22.3 Å². The van der Waals surface area contributed by atoms with Crippen molar-refractivity contribution >= 4 is 23.4 Å². The van der Waals surface area contributed by atoms with Gasteiger partial charge in [-0.1, -0.05) is 24.4 Å². The molecule has 0 spiro atoms. The van der Waals surface area contributed by atoms with Gasteiger partial charge in [0.25, 0.3) is 0 Å². The Morgan fingerprint density at radius 2 is 1.96 bits per heavy atom. The van der Waals surface area contributed by atoms with Gasteiger partial charge in [0.1, 0.15) is 5.75 Å². The average molecular weight is 335 g/mol. The van der Waals surface area contributed by atoms with Gasteiger partial charge in [0, 0.05) is 5.02 Å². The number of rotatable bonds is 4. The van der Waals surface area contributed by atoms with Gasteiger partial charge in [0.05, 0.1) is 18.3 Å². The second-order valence-electron chi connectivity index (χ2n) is 5.60. The highest BCUT2D eigenvalue weighted by molar-refractivity contribution is 6.30. The van der Waals surface area contributed by atoms with E-state index in [0.717, 1.165) is 25.7 Å². The molecule has 0 saturated heterocycles. The summed E-state index contributed by atoms with van der Waals surface area (Å²) in [7, 11) is 0. The smallest absolute Gasteiger partial charge is 0.222 e. The van der Waals surface area contributed by atoms with Crippen molar-refractivity contribution in [2.75, 3.05) is 11.1 Å². The summed E-state index contributed by atoms with van der Waals surface area (Å²) in [5.74, 6) is 1.72. The normalized spacial score (nSPS) is 21.0. The average Bonchev–Trinajstić information content (AvgIpc) is 2.54. The summed E-state index contributed by atoms with van der Waals surface area (Å²) in [6, 6.07) is 6.95. The minimum absolute atomic E-state index is 0.0642. The number of benzene rings is 1. The van der Waals surface area contributed by atoms with E-state index in [2.05, 4.69) is 15.3 Å². The number of nitrogens with two attached hydrogens (primary N) is 1. The second-order valence-corrected chi connectivity index (χ2v) is 6.04. The third-order valence-corrected chi connectivity index (χ3v) is 4.12. The molecule has 0 bridgehead atoms. The molecule has 1 aromatic heterocycles. The van der Waals surface area contributed by atoms with Crippen molar-refractivity contribution in [1.82, 2.24) is 9.97 Å². The minimum Gasteiger partial charge on any atom is -0.452 e. The fourth-order valence-corrected chi connectivity index (χ4v) is 2.77. The van der Waals surface area contributed by atoms with E-state index in [-0.39, 0.29) is 12.0 Å². The third-order valence-electron chi connectivity index (χ3n) is 3.87. The lowest BCUT2D eigenvalue weighted by Gasteiger charge is -2.29. The zero-order valence-electron chi connectivity index (χ0n) is 12.6. The van der Waals surface area contributed by atoms with E-state index in [9.17, 15) is 5.11 Å². The molecule has 6 nitrogen and oxygen atoms in total. The third kappa shape index (κ3) is 4.03. The lowest BCUT2D eigenvalue weighted by molar-refractivity contribution is 0.116. The maximum atomic E-state index is 10.1. The Labute approximate surface area is 139 Å². The van der Waals surface area contributed by atoms with E-state index in [4.69, 9.17) is 22.1 Å². The predicted molar refractivity (Wildman–Crippen MR) is 89.9 cm³/mol. The molecule has 7 heteroatoms. The molecule has 0 aliphatic heterocycles. The number of halogens is 1. The van der Waals surface area contributed by atoms with Crippen molar-refractivity contribution in [2.45, 2.75) is 37.8 Å². The van der Waals surface area contributed by atoms with Gasteiger partial charge in [-0.05, 0) is 37.1 Å².